The fourth-order valence-corrected chi connectivity index (χ4v) is 3.08. The van der Waals surface area contributed by atoms with E-state index in [1.54, 1.807) is 11.3 Å². The highest BCUT2D eigenvalue weighted by Gasteiger charge is 2.09. The Labute approximate surface area is 127 Å². The molecular weight excluding hydrogens is 299 g/mol. The summed E-state index contributed by atoms with van der Waals surface area (Å²) in [7, 11) is 0. The van der Waals surface area contributed by atoms with E-state index in [0.29, 0.717) is 16.1 Å². The van der Waals surface area contributed by atoms with Crippen molar-refractivity contribution < 1.29 is 0 Å². The maximum absolute atomic E-state index is 6.02. The molecular formula is C14H16Cl2N2S. The Balaban J connectivity index is 2.09. The zero-order valence-electron chi connectivity index (χ0n) is 10.9. The summed E-state index contributed by atoms with van der Waals surface area (Å²) < 4.78 is 0. The number of halogens is 2. The van der Waals surface area contributed by atoms with Crippen LogP contribution in [0.15, 0.2) is 23.6 Å². The topological polar surface area (TPSA) is 24.9 Å². The normalized spacial score (nSPS) is 12.6. The van der Waals surface area contributed by atoms with Crippen LogP contribution in [0.1, 0.15) is 36.2 Å². The van der Waals surface area contributed by atoms with E-state index in [2.05, 4.69) is 29.5 Å². The molecule has 0 saturated carbocycles. The summed E-state index contributed by atoms with van der Waals surface area (Å²) in [6.45, 7) is 5.17. The summed E-state index contributed by atoms with van der Waals surface area (Å²) >= 11 is 13.6. The molecule has 0 aliphatic carbocycles. The Hall–Kier alpha value is -0.610. The number of nitrogens with zero attached hydrogens (tertiary/aromatic N) is 1. The van der Waals surface area contributed by atoms with Crippen LogP contribution < -0.4 is 5.32 Å². The molecule has 1 N–H and O–H groups in total. The summed E-state index contributed by atoms with van der Waals surface area (Å²) in [6.07, 6.45) is 0.792. The second-order valence-corrected chi connectivity index (χ2v) is 6.13. The monoisotopic (exact) mass is 314 g/mol. The molecule has 0 radical (unpaired) electrons. The van der Waals surface area contributed by atoms with Gasteiger partial charge in [-0.15, -0.1) is 11.3 Å². The van der Waals surface area contributed by atoms with Crippen molar-refractivity contribution in [2.45, 2.75) is 26.3 Å². The highest BCUT2D eigenvalue weighted by atomic mass is 35.5. The van der Waals surface area contributed by atoms with Crippen LogP contribution in [-0.4, -0.2) is 11.5 Å². The first-order chi connectivity index (χ1) is 9.10. The fraction of sp³-hybridized carbons (Fsp3) is 0.357. The van der Waals surface area contributed by atoms with Crippen LogP contribution >= 0.6 is 34.5 Å². The second-order valence-electron chi connectivity index (χ2n) is 4.37. The van der Waals surface area contributed by atoms with Gasteiger partial charge in [0.15, 0.2) is 0 Å². The van der Waals surface area contributed by atoms with Crippen LogP contribution in [0.4, 0.5) is 0 Å². The van der Waals surface area contributed by atoms with Crippen molar-refractivity contribution in [3.8, 4) is 0 Å². The lowest BCUT2D eigenvalue weighted by molar-refractivity contribution is 0.585. The van der Waals surface area contributed by atoms with Gasteiger partial charge in [0, 0.05) is 17.8 Å². The molecule has 2 rings (SSSR count). The summed E-state index contributed by atoms with van der Waals surface area (Å²) in [5.41, 5.74) is 2.23. The minimum Gasteiger partial charge on any atom is -0.309 e. The van der Waals surface area contributed by atoms with Gasteiger partial charge in [-0.05, 0) is 31.2 Å². The highest BCUT2D eigenvalue weighted by molar-refractivity contribution is 7.09. The average Bonchev–Trinajstić information content (AvgIpc) is 2.83. The van der Waals surface area contributed by atoms with E-state index < -0.39 is 0 Å². The van der Waals surface area contributed by atoms with Gasteiger partial charge in [-0.3, -0.25) is 0 Å². The highest BCUT2D eigenvalue weighted by Crippen LogP contribution is 2.25. The number of hydrogen-bond acceptors (Lipinski definition) is 3. The van der Waals surface area contributed by atoms with Crippen LogP contribution in [0.2, 0.25) is 10.0 Å². The van der Waals surface area contributed by atoms with Gasteiger partial charge in [-0.2, -0.15) is 0 Å². The third-order valence-electron chi connectivity index (χ3n) is 2.86. The summed E-state index contributed by atoms with van der Waals surface area (Å²) in [6, 6.07) is 6.01. The predicted octanol–water partition coefficient (Wildman–Crippen LogP) is 4.71. The van der Waals surface area contributed by atoms with Crippen molar-refractivity contribution in [1.82, 2.24) is 10.3 Å². The van der Waals surface area contributed by atoms with Gasteiger partial charge in [-0.1, -0.05) is 36.2 Å². The molecule has 1 aromatic heterocycles. The van der Waals surface area contributed by atoms with Gasteiger partial charge < -0.3 is 5.32 Å². The first-order valence-electron chi connectivity index (χ1n) is 6.21. The lowest BCUT2D eigenvalue weighted by Crippen LogP contribution is -2.17. The molecule has 0 aliphatic heterocycles. The zero-order chi connectivity index (χ0) is 13.8. The summed E-state index contributed by atoms with van der Waals surface area (Å²) in [5.74, 6) is 0. The number of benzene rings is 1. The first kappa shape index (κ1) is 14.8. The van der Waals surface area contributed by atoms with Crippen molar-refractivity contribution in [1.29, 1.82) is 0 Å². The van der Waals surface area contributed by atoms with Crippen molar-refractivity contribution in [3.63, 3.8) is 0 Å². The molecule has 0 aliphatic rings. The maximum Gasteiger partial charge on any atom is 0.0972 e. The number of rotatable bonds is 5. The predicted molar refractivity (Wildman–Crippen MR) is 83.5 cm³/mol. The lowest BCUT2D eigenvalue weighted by atomic mass is 10.1. The molecule has 102 valence electrons. The third-order valence-corrected chi connectivity index (χ3v) is 4.47. The largest absolute Gasteiger partial charge is 0.309 e. The molecule has 0 amide bonds. The Bertz CT molecular complexity index is 554. The SMILES string of the molecule is CCNC(C)c1csc(Cc2ccc(Cl)c(Cl)c2)n1. The summed E-state index contributed by atoms with van der Waals surface area (Å²) in [4.78, 5) is 4.66. The molecule has 0 spiro atoms. The van der Waals surface area contributed by atoms with E-state index >= 15 is 0 Å². The third kappa shape index (κ3) is 3.93. The van der Waals surface area contributed by atoms with Crippen molar-refractivity contribution in [3.05, 3.63) is 49.9 Å². The number of hydrogen-bond donors (Lipinski definition) is 1. The fourth-order valence-electron chi connectivity index (χ4n) is 1.84. The van der Waals surface area contributed by atoms with E-state index in [-0.39, 0.29) is 0 Å². The van der Waals surface area contributed by atoms with Crippen molar-refractivity contribution >= 4 is 34.5 Å². The smallest absolute Gasteiger partial charge is 0.0972 e. The van der Waals surface area contributed by atoms with Gasteiger partial charge in [0.05, 0.1) is 20.7 Å². The molecule has 0 fully saturated rings. The molecule has 2 aromatic rings. The molecule has 19 heavy (non-hydrogen) atoms. The Kier molecular flexibility index (Phi) is 5.22. The minimum absolute atomic E-state index is 0.295. The minimum atomic E-state index is 0.295. The number of thiazole rings is 1. The van der Waals surface area contributed by atoms with E-state index in [4.69, 9.17) is 23.2 Å². The van der Waals surface area contributed by atoms with Gasteiger partial charge in [0.2, 0.25) is 0 Å². The molecule has 1 atom stereocenters. The number of aromatic nitrogens is 1. The van der Waals surface area contributed by atoms with Gasteiger partial charge in [0.25, 0.3) is 0 Å². The van der Waals surface area contributed by atoms with Crippen LogP contribution in [0.5, 0.6) is 0 Å². The van der Waals surface area contributed by atoms with Gasteiger partial charge in [-0.25, -0.2) is 4.98 Å². The molecule has 0 bridgehead atoms. The molecule has 1 heterocycles. The van der Waals surface area contributed by atoms with Crippen molar-refractivity contribution in [2.75, 3.05) is 6.54 Å². The van der Waals surface area contributed by atoms with E-state index in [0.717, 1.165) is 29.2 Å². The standard InChI is InChI=1S/C14H16Cl2N2S/c1-3-17-9(2)13-8-19-14(18-13)7-10-4-5-11(15)12(16)6-10/h4-6,8-9,17H,3,7H2,1-2H3. The van der Waals surface area contributed by atoms with Crippen molar-refractivity contribution in [2.24, 2.45) is 0 Å². The average molecular weight is 315 g/mol. The molecule has 2 nitrogen and oxygen atoms in total. The maximum atomic E-state index is 6.02. The van der Waals surface area contributed by atoms with E-state index in [1.165, 1.54) is 0 Å². The lowest BCUT2D eigenvalue weighted by Gasteiger charge is -2.08. The Morgan fingerprint density at radius 2 is 2.11 bits per heavy atom. The van der Waals surface area contributed by atoms with Crippen LogP contribution in [0, 0.1) is 0 Å². The van der Waals surface area contributed by atoms with Crippen LogP contribution in [0.25, 0.3) is 0 Å². The van der Waals surface area contributed by atoms with Gasteiger partial charge >= 0.3 is 0 Å². The zero-order valence-corrected chi connectivity index (χ0v) is 13.2. The van der Waals surface area contributed by atoms with E-state index in [9.17, 15) is 0 Å². The van der Waals surface area contributed by atoms with E-state index in [1.807, 2.05) is 18.2 Å². The van der Waals surface area contributed by atoms with Crippen LogP contribution in [-0.2, 0) is 6.42 Å². The number of nitrogens with one attached hydrogen (secondary N) is 1. The van der Waals surface area contributed by atoms with Gasteiger partial charge in [0.1, 0.15) is 0 Å². The molecule has 1 unspecified atom stereocenters. The summed E-state index contributed by atoms with van der Waals surface area (Å²) in [5, 5.41) is 7.75. The molecule has 0 saturated heterocycles. The second kappa shape index (κ2) is 6.71. The Morgan fingerprint density at radius 1 is 1.32 bits per heavy atom. The quantitative estimate of drug-likeness (QED) is 0.864. The first-order valence-corrected chi connectivity index (χ1v) is 7.85. The Morgan fingerprint density at radius 3 is 2.79 bits per heavy atom. The molecule has 1 aromatic carbocycles. The van der Waals surface area contributed by atoms with Crippen LogP contribution in [0.3, 0.4) is 0 Å². The molecule has 5 heteroatoms.